The molecule has 21 heavy (non-hydrogen) atoms. The zero-order valence-corrected chi connectivity index (χ0v) is 12.5. The highest BCUT2D eigenvalue weighted by Gasteiger charge is 2.19. The summed E-state index contributed by atoms with van der Waals surface area (Å²) < 4.78 is 5.22. The molecule has 0 saturated carbocycles. The molecular weight excluding hydrogens is 268 g/mol. The maximum absolute atomic E-state index is 11.5. The van der Waals surface area contributed by atoms with Crippen molar-refractivity contribution in [3.05, 3.63) is 36.0 Å². The van der Waals surface area contributed by atoms with Crippen LogP contribution >= 0.6 is 0 Å². The molecule has 2 rings (SSSR count). The van der Waals surface area contributed by atoms with Crippen molar-refractivity contribution in [3.8, 4) is 0 Å². The minimum absolute atomic E-state index is 0.0268. The summed E-state index contributed by atoms with van der Waals surface area (Å²) in [7, 11) is 1.64. The van der Waals surface area contributed by atoms with E-state index in [0.29, 0.717) is 18.2 Å². The quantitative estimate of drug-likeness (QED) is 0.855. The van der Waals surface area contributed by atoms with E-state index in [1.807, 2.05) is 24.3 Å². The molecule has 1 aromatic heterocycles. The lowest BCUT2D eigenvalue weighted by Crippen LogP contribution is -2.31. The molecule has 1 aromatic carbocycles. The van der Waals surface area contributed by atoms with E-state index in [9.17, 15) is 9.90 Å². The first-order valence-electron chi connectivity index (χ1n) is 6.91. The Morgan fingerprint density at radius 2 is 2.10 bits per heavy atom. The number of benzene rings is 1. The second-order valence-corrected chi connectivity index (χ2v) is 5.32. The van der Waals surface area contributed by atoms with Gasteiger partial charge in [-0.15, -0.1) is 0 Å². The van der Waals surface area contributed by atoms with Gasteiger partial charge in [0.25, 0.3) is 0 Å². The monoisotopic (exact) mass is 288 g/mol. The van der Waals surface area contributed by atoms with Gasteiger partial charge in [0.05, 0.1) is 23.9 Å². The van der Waals surface area contributed by atoms with Crippen LogP contribution in [0, 0.1) is 5.92 Å². The fraction of sp³-hybridized carbons (Fsp3) is 0.375. The number of hydrogen-bond donors (Lipinski definition) is 2. The fourth-order valence-corrected chi connectivity index (χ4v) is 2.22. The van der Waals surface area contributed by atoms with Crippen molar-refractivity contribution < 1.29 is 14.6 Å². The first-order chi connectivity index (χ1) is 10.0. The first-order valence-corrected chi connectivity index (χ1v) is 6.91. The standard InChI is InChI=1S/C16H20N2O3/c1-10(2)14(9-21-3)18-15-11-6-4-5-7-13(11)17-8-12(15)16(19)20/h4-8,10,14H,9H2,1-3H3,(H,17,18)(H,19,20). The van der Waals surface area contributed by atoms with Crippen molar-refractivity contribution in [2.75, 3.05) is 19.0 Å². The number of nitrogens with one attached hydrogen (secondary N) is 1. The maximum atomic E-state index is 11.5. The number of nitrogens with zero attached hydrogens (tertiary/aromatic N) is 1. The van der Waals surface area contributed by atoms with Crippen molar-refractivity contribution in [1.82, 2.24) is 4.98 Å². The molecule has 0 aliphatic carbocycles. The van der Waals surface area contributed by atoms with E-state index in [1.165, 1.54) is 6.20 Å². The largest absolute Gasteiger partial charge is 0.478 e. The van der Waals surface area contributed by atoms with Gasteiger partial charge >= 0.3 is 5.97 Å². The molecule has 0 aliphatic heterocycles. The number of rotatable bonds is 6. The van der Waals surface area contributed by atoms with E-state index >= 15 is 0 Å². The Hall–Kier alpha value is -2.14. The van der Waals surface area contributed by atoms with Gasteiger partial charge in [-0.3, -0.25) is 4.98 Å². The maximum Gasteiger partial charge on any atom is 0.339 e. The summed E-state index contributed by atoms with van der Waals surface area (Å²) in [5.74, 6) is -0.686. The van der Waals surface area contributed by atoms with Gasteiger partial charge in [-0.1, -0.05) is 32.0 Å². The van der Waals surface area contributed by atoms with Gasteiger partial charge in [0.1, 0.15) is 5.56 Å². The molecular formula is C16H20N2O3. The Labute approximate surface area is 124 Å². The molecule has 1 atom stereocenters. The molecule has 0 fully saturated rings. The Bertz CT molecular complexity index is 640. The number of aromatic nitrogens is 1. The predicted octanol–water partition coefficient (Wildman–Crippen LogP) is 3.02. The third kappa shape index (κ3) is 3.31. The third-order valence-electron chi connectivity index (χ3n) is 3.49. The SMILES string of the molecule is COCC(Nc1c(C(=O)O)cnc2ccccc12)C(C)C. The Morgan fingerprint density at radius 3 is 2.71 bits per heavy atom. The Morgan fingerprint density at radius 1 is 1.38 bits per heavy atom. The number of ether oxygens (including phenoxy) is 1. The highest BCUT2D eigenvalue weighted by molar-refractivity contribution is 6.04. The summed E-state index contributed by atoms with van der Waals surface area (Å²) in [4.78, 5) is 15.7. The predicted molar refractivity (Wildman–Crippen MR) is 82.8 cm³/mol. The molecule has 0 bridgehead atoms. The van der Waals surface area contributed by atoms with Crippen molar-refractivity contribution in [2.45, 2.75) is 19.9 Å². The number of anilines is 1. The molecule has 5 nitrogen and oxygen atoms in total. The average molecular weight is 288 g/mol. The topological polar surface area (TPSA) is 71.5 Å². The summed E-state index contributed by atoms with van der Waals surface area (Å²) in [6.07, 6.45) is 1.40. The zero-order chi connectivity index (χ0) is 15.4. The van der Waals surface area contributed by atoms with Gasteiger partial charge in [0, 0.05) is 18.7 Å². The van der Waals surface area contributed by atoms with Crippen LogP contribution in [0.15, 0.2) is 30.5 Å². The van der Waals surface area contributed by atoms with E-state index < -0.39 is 5.97 Å². The Balaban J connectivity index is 2.53. The number of hydrogen-bond acceptors (Lipinski definition) is 4. The fourth-order valence-electron chi connectivity index (χ4n) is 2.22. The van der Waals surface area contributed by atoms with Crippen molar-refractivity contribution in [3.63, 3.8) is 0 Å². The number of carboxylic acids is 1. The molecule has 1 unspecified atom stereocenters. The molecule has 0 aliphatic rings. The lowest BCUT2D eigenvalue weighted by Gasteiger charge is -2.24. The van der Waals surface area contributed by atoms with Crippen LogP contribution < -0.4 is 5.32 Å². The van der Waals surface area contributed by atoms with E-state index in [-0.39, 0.29) is 11.6 Å². The summed E-state index contributed by atoms with van der Waals surface area (Å²) in [5, 5.41) is 13.5. The highest BCUT2D eigenvalue weighted by Crippen LogP contribution is 2.27. The number of carboxylic acid groups (broad SMARTS) is 1. The molecule has 1 heterocycles. The summed E-state index contributed by atoms with van der Waals surface area (Å²) >= 11 is 0. The van der Waals surface area contributed by atoms with Crippen LogP contribution in [0.25, 0.3) is 10.9 Å². The van der Waals surface area contributed by atoms with Crippen LogP contribution in [0.1, 0.15) is 24.2 Å². The lowest BCUT2D eigenvalue weighted by molar-refractivity contribution is 0.0697. The summed E-state index contributed by atoms with van der Waals surface area (Å²) in [6, 6.07) is 7.53. The number of fused-ring (bicyclic) bond motifs is 1. The van der Waals surface area contributed by atoms with Crippen LogP contribution in [-0.2, 0) is 4.74 Å². The molecule has 2 N–H and O–H groups in total. The number of aromatic carboxylic acids is 1. The zero-order valence-electron chi connectivity index (χ0n) is 12.5. The van der Waals surface area contributed by atoms with Crippen LogP contribution in [0.2, 0.25) is 0 Å². The molecule has 0 radical (unpaired) electrons. The molecule has 5 heteroatoms. The molecule has 0 saturated heterocycles. The number of pyridine rings is 1. The lowest BCUT2D eigenvalue weighted by atomic mass is 10.0. The summed E-state index contributed by atoms with van der Waals surface area (Å²) in [6.45, 7) is 4.65. The van der Waals surface area contributed by atoms with E-state index in [1.54, 1.807) is 7.11 Å². The van der Waals surface area contributed by atoms with Crippen LogP contribution in [0.5, 0.6) is 0 Å². The van der Waals surface area contributed by atoms with E-state index in [0.717, 1.165) is 10.9 Å². The van der Waals surface area contributed by atoms with Crippen LogP contribution in [0.4, 0.5) is 5.69 Å². The second-order valence-electron chi connectivity index (χ2n) is 5.32. The van der Waals surface area contributed by atoms with Gasteiger partial charge in [-0.05, 0) is 12.0 Å². The minimum atomic E-state index is -0.990. The number of carbonyl (C=O) groups is 1. The van der Waals surface area contributed by atoms with Gasteiger partial charge < -0.3 is 15.2 Å². The number of methoxy groups -OCH3 is 1. The second kappa shape index (κ2) is 6.54. The van der Waals surface area contributed by atoms with Gasteiger partial charge in [0.15, 0.2) is 0 Å². The summed E-state index contributed by atoms with van der Waals surface area (Å²) in [5.41, 5.74) is 1.55. The van der Waals surface area contributed by atoms with Gasteiger partial charge in [-0.2, -0.15) is 0 Å². The van der Waals surface area contributed by atoms with Crippen molar-refractivity contribution in [1.29, 1.82) is 0 Å². The Kier molecular flexibility index (Phi) is 4.75. The smallest absolute Gasteiger partial charge is 0.339 e. The minimum Gasteiger partial charge on any atom is -0.478 e. The molecule has 0 amide bonds. The number of para-hydroxylation sites is 1. The van der Waals surface area contributed by atoms with Gasteiger partial charge in [0.2, 0.25) is 0 Å². The van der Waals surface area contributed by atoms with Crippen LogP contribution in [-0.4, -0.2) is 35.8 Å². The first kappa shape index (κ1) is 15.3. The molecule has 2 aromatic rings. The molecule has 0 spiro atoms. The van der Waals surface area contributed by atoms with Gasteiger partial charge in [-0.25, -0.2) is 4.79 Å². The highest BCUT2D eigenvalue weighted by atomic mass is 16.5. The van der Waals surface area contributed by atoms with E-state index in [2.05, 4.69) is 24.1 Å². The average Bonchev–Trinajstić information content (AvgIpc) is 2.46. The van der Waals surface area contributed by atoms with Crippen molar-refractivity contribution in [2.24, 2.45) is 5.92 Å². The van der Waals surface area contributed by atoms with Crippen molar-refractivity contribution >= 4 is 22.6 Å². The third-order valence-corrected chi connectivity index (χ3v) is 3.49. The van der Waals surface area contributed by atoms with E-state index in [4.69, 9.17) is 4.74 Å². The van der Waals surface area contributed by atoms with Crippen LogP contribution in [0.3, 0.4) is 0 Å². The molecule has 112 valence electrons. The normalized spacial score (nSPS) is 12.6.